The van der Waals surface area contributed by atoms with Crippen molar-refractivity contribution in [3.05, 3.63) is 59.7 Å². The van der Waals surface area contributed by atoms with Gasteiger partial charge in [0.05, 0.1) is 6.10 Å². The average molecular weight is 445 g/mol. The number of carbonyl (C=O) groups is 2. The predicted molar refractivity (Wildman–Crippen MR) is 120 cm³/mol. The van der Waals surface area contributed by atoms with E-state index in [-0.39, 0.29) is 24.3 Å². The molecule has 0 aromatic heterocycles. The summed E-state index contributed by atoms with van der Waals surface area (Å²) in [6.45, 7) is 5.10. The van der Waals surface area contributed by atoms with E-state index in [1.807, 2.05) is 0 Å². The predicted octanol–water partition coefficient (Wildman–Crippen LogP) is 2.77. The molecule has 0 saturated carbocycles. The highest BCUT2D eigenvalue weighted by Gasteiger charge is 2.41. The molecule has 174 valence electrons. The van der Waals surface area contributed by atoms with Gasteiger partial charge in [-0.1, -0.05) is 24.3 Å². The number of nitrogens with two attached hydrogens (primary N) is 1. The van der Waals surface area contributed by atoms with Gasteiger partial charge in [-0.15, -0.1) is 0 Å². The first-order valence-electron chi connectivity index (χ1n) is 10.4. The highest BCUT2D eigenvalue weighted by molar-refractivity contribution is 5.89. The van der Waals surface area contributed by atoms with Crippen molar-refractivity contribution in [1.29, 1.82) is 0 Å². The number of aromatic hydroxyl groups is 2. The summed E-state index contributed by atoms with van der Waals surface area (Å²) < 4.78 is 5.32. The van der Waals surface area contributed by atoms with Gasteiger partial charge in [0.1, 0.15) is 22.6 Å². The zero-order valence-corrected chi connectivity index (χ0v) is 18.7. The van der Waals surface area contributed by atoms with Gasteiger partial charge in [-0.05, 0) is 69.0 Å². The molecule has 0 aliphatic carbocycles. The lowest BCUT2D eigenvalue weighted by atomic mass is 9.83. The largest absolute Gasteiger partial charge is 0.508 e. The zero-order valence-electron chi connectivity index (χ0n) is 18.7. The van der Waals surface area contributed by atoms with Crippen LogP contribution in [-0.4, -0.2) is 44.6 Å². The van der Waals surface area contributed by atoms with E-state index in [1.54, 1.807) is 57.2 Å². The second-order valence-corrected chi connectivity index (χ2v) is 8.98. The SMILES string of the molecule is CC(C)(C)OC(=O)N[C@](Cc1ccc(O)cc1)(C[C@@H](O)CCc1ccc(O)cc1)C(N)=O. The maximum atomic E-state index is 12.6. The molecule has 2 atom stereocenters. The summed E-state index contributed by atoms with van der Waals surface area (Å²) in [5.74, 6) is -0.593. The van der Waals surface area contributed by atoms with Crippen LogP contribution in [0.1, 0.15) is 44.7 Å². The number of aliphatic hydroxyl groups is 1. The third-order valence-corrected chi connectivity index (χ3v) is 4.94. The fourth-order valence-corrected chi connectivity index (χ4v) is 3.38. The second-order valence-electron chi connectivity index (χ2n) is 8.98. The molecule has 0 spiro atoms. The first-order chi connectivity index (χ1) is 14.9. The minimum atomic E-state index is -1.60. The van der Waals surface area contributed by atoms with Crippen LogP contribution in [0.4, 0.5) is 4.79 Å². The van der Waals surface area contributed by atoms with Crippen LogP contribution >= 0.6 is 0 Å². The van der Waals surface area contributed by atoms with E-state index in [9.17, 15) is 24.9 Å². The van der Waals surface area contributed by atoms with E-state index < -0.39 is 29.2 Å². The van der Waals surface area contributed by atoms with Gasteiger partial charge < -0.3 is 31.1 Å². The maximum Gasteiger partial charge on any atom is 0.408 e. The van der Waals surface area contributed by atoms with Crippen LogP contribution in [0, 0.1) is 0 Å². The highest BCUT2D eigenvalue weighted by Crippen LogP contribution is 2.24. The van der Waals surface area contributed by atoms with Gasteiger partial charge in [0.25, 0.3) is 0 Å². The minimum absolute atomic E-state index is 0.0120. The van der Waals surface area contributed by atoms with Gasteiger partial charge in [-0.25, -0.2) is 4.79 Å². The van der Waals surface area contributed by atoms with Crippen molar-refractivity contribution < 1.29 is 29.6 Å². The van der Waals surface area contributed by atoms with Crippen molar-refractivity contribution >= 4 is 12.0 Å². The van der Waals surface area contributed by atoms with Crippen molar-refractivity contribution in [2.75, 3.05) is 0 Å². The fraction of sp³-hybridized carbons (Fsp3) is 0.417. The summed E-state index contributed by atoms with van der Waals surface area (Å²) in [4.78, 5) is 25.1. The molecule has 0 saturated heterocycles. The lowest BCUT2D eigenvalue weighted by Gasteiger charge is -2.34. The second kappa shape index (κ2) is 10.4. The maximum absolute atomic E-state index is 12.6. The van der Waals surface area contributed by atoms with E-state index in [4.69, 9.17) is 10.5 Å². The number of alkyl carbamates (subject to hydrolysis) is 1. The molecule has 0 aliphatic heterocycles. The molecule has 6 N–H and O–H groups in total. The van der Waals surface area contributed by atoms with Gasteiger partial charge in [-0.3, -0.25) is 4.79 Å². The van der Waals surface area contributed by atoms with Crippen molar-refractivity contribution in [3.63, 3.8) is 0 Å². The molecule has 8 heteroatoms. The molecule has 0 heterocycles. The summed E-state index contributed by atoms with van der Waals surface area (Å²) >= 11 is 0. The monoisotopic (exact) mass is 444 g/mol. The van der Waals surface area contributed by atoms with Crippen LogP contribution in [0.2, 0.25) is 0 Å². The number of amides is 2. The van der Waals surface area contributed by atoms with Crippen molar-refractivity contribution in [3.8, 4) is 11.5 Å². The number of nitrogens with one attached hydrogen (secondary N) is 1. The van der Waals surface area contributed by atoms with Crippen LogP contribution in [0.3, 0.4) is 0 Å². The Labute approximate surface area is 188 Å². The smallest absolute Gasteiger partial charge is 0.408 e. The molecule has 0 unspecified atom stereocenters. The molecular weight excluding hydrogens is 412 g/mol. The van der Waals surface area contributed by atoms with Gasteiger partial charge in [-0.2, -0.15) is 0 Å². The number of phenols is 2. The highest BCUT2D eigenvalue weighted by atomic mass is 16.6. The molecule has 2 rings (SSSR count). The summed E-state index contributed by atoms with van der Waals surface area (Å²) in [5, 5.41) is 32.3. The first-order valence-corrected chi connectivity index (χ1v) is 10.4. The van der Waals surface area contributed by atoms with Gasteiger partial charge in [0.15, 0.2) is 0 Å². The van der Waals surface area contributed by atoms with Gasteiger partial charge in [0, 0.05) is 12.8 Å². The molecule has 32 heavy (non-hydrogen) atoms. The number of hydrogen-bond donors (Lipinski definition) is 5. The number of benzene rings is 2. The number of primary amides is 1. The molecule has 8 nitrogen and oxygen atoms in total. The van der Waals surface area contributed by atoms with Crippen LogP contribution < -0.4 is 11.1 Å². The van der Waals surface area contributed by atoms with Crippen LogP contribution in [0.15, 0.2) is 48.5 Å². The first kappa shape index (κ1) is 25.0. The Balaban J connectivity index is 2.23. The quantitative estimate of drug-likeness (QED) is 0.403. The molecule has 0 aliphatic rings. The molecule has 0 fully saturated rings. The molecule has 0 radical (unpaired) electrons. The van der Waals surface area contributed by atoms with E-state index in [0.717, 1.165) is 5.56 Å². The lowest BCUT2D eigenvalue weighted by Crippen LogP contribution is -2.61. The summed E-state index contributed by atoms with van der Waals surface area (Å²) in [7, 11) is 0. The molecule has 2 amide bonds. The van der Waals surface area contributed by atoms with E-state index in [1.165, 1.54) is 12.1 Å². The molecule has 2 aromatic rings. The number of phenolic OH excluding ortho intramolecular Hbond substituents is 2. The summed E-state index contributed by atoms with van der Waals surface area (Å²) in [5.41, 5.74) is 4.89. The number of aliphatic hydroxyl groups excluding tert-OH is 1. The molecular formula is C24H32N2O6. The Morgan fingerprint density at radius 2 is 1.47 bits per heavy atom. The standard InChI is InChI=1S/C24H32N2O6/c1-23(2,3)32-22(31)26-24(21(25)30,14-17-7-11-19(28)12-8-17)15-20(29)13-6-16-4-9-18(27)10-5-16/h4-5,7-12,20,27-29H,6,13-15H2,1-3H3,(H2,25,30)(H,26,31)/t20-,24+/m0/s1. The Hall–Kier alpha value is -3.26. The Kier molecular flexibility index (Phi) is 8.10. The van der Waals surface area contributed by atoms with Crippen molar-refractivity contribution in [2.45, 2.75) is 63.7 Å². The van der Waals surface area contributed by atoms with Crippen molar-refractivity contribution in [1.82, 2.24) is 5.32 Å². The Morgan fingerprint density at radius 1 is 0.969 bits per heavy atom. The van der Waals surface area contributed by atoms with Gasteiger partial charge >= 0.3 is 6.09 Å². The molecule has 0 bridgehead atoms. The number of hydrogen-bond acceptors (Lipinski definition) is 6. The topological polar surface area (TPSA) is 142 Å². The third kappa shape index (κ3) is 7.77. The Bertz CT molecular complexity index is 906. The number of ether oxygens (including phenoxy) is 1. The normalized spacial score (nSPS) is 14.2. The zero-order chi connectivity index (χ0) is 23.9. The summed E-state index contributed by atoms with van der Waals surface area (Å²) in [6.07, 6.45) is -1.07. The number of rotatable bonds is 9. The fourth-order valence-electron chi connectivity index (χ4n) is 3.38. The van der Waals surface area contributed by atoms with E-state index >= 15 is 0 Å². The Morgan fingerprint density at radius 3 is 1.94 bits per heavy atom. The number of aryl methyl sites for hydroxylation is 1. The lowest BCUT2D eigenvalue weighted by molar-refractivity contribution is -0.126. The van der Waals surface area contributed by atoms with E-state index in [0.29, 0.717) is 18.4 Å². The van der Waals surface area contributed by atoms with Gasteiger partial charge in [0.2, 0.25) is 5.91 Å². The van der Waals surface area contributed by atoms with Crippen LogP contribution in [-0.2, 0) is 22.4 Å². The van der Waals surface area contributed by atoms with Crippen LogP contribution in [0.5, 0.6) is 11.5 Å². The minimum Gasteiger partial charge on any atom is -0.508 e. The average Bonchev–Trinajstić information content (AvgIpc) is 2.67. The van der Waals surface area contributed by atoms with Crippen LogP contribution in [0.25, 0.3) is 0 Å². The molecule has 2 aromatic carbocycles. The van der Waals surface area contributed by atoms with E-state index in [2.05, 4.69) is 5.32 Å². The summed E-state index contributed by atoms with van der Waals surface area (Å²) in [6, 6.07) is 12.8. The van der Waals surface area contributed by atoms with Crippen molar-refractivity contribution in [2.24, 2.45) is 5.73 Å². The number of carbonyl (C=O) groups excluding carboxylic acids is 2. The third-order valence-electron chi connectivity index (χ3n) is 4.94.